The number of nitrogens with zero attached hydrogens (tertiary/aromatic N) is 4. The lowest BCUT2D eigenvalue weighted by atomic mass is 9.35. The van der Waals surface area contributed by atoms with Crippen molar-refractivity contribution in [3.8, 4) is 45.1 Å². The number of fused-ring (bicyclic) bond motifs is 3. The van der Waals surface area contributed by atoms with E-state index < -0.39 is 0 Å². The average molecular weight is 1110 g/mol. The number of imidazole rings is 1. The Bertz CT molecular complexity index is 3960. The average Bonchev–Trinajstić information content (AvgIpc) is 1.18. The van der Waals surface area contributed by atoms with E-state index >= 15 is 0 Å². The van der Waals surface area contributed by atoms with Crippen molar-refractivity contribution >= 4 is 51.3 Å². The molecular weight excluding hydrogens is 1020 g/mol. The summed E-state index contributed by atoms with van der Waals surface area (Å²) < 4.78 is 11.9. The molecule has 0 atom stereocenters. The van der Waals surface area contributed by atoms with Crippen LogP contribution in [0.5, 0.6) is 11.5 Å². The van der Waals surface area contributed by atoms with Gasteiger partial charge in [0.05, 0.1) is 0 Å². The van der Waals surface area contributed by atoms with Crippen molar-refractivity contribution in [2.75, 3.05) is 4.90 Å². The van der Waals surface area contributed by atoms with Gasteiger partial charge in [0.25, 0.3) is 6.33 Å². The minimum Gasteiger partial charge on any atom is -0.457 e. The van der Waals surface area contributed by atoms with Crippen LogP contribution in [0.15, 0.2) is 195 Å². The van der Waals surface area contributed by atoms with Crippen molar-refractivity contribution in [1.29, 1.82) is 0 Å². The van der Waals surface area contributed by atoms with Crippen LogP contribution in [-0.2, 0) is 32.5 Å². The van der Waals surface area contributed by atoms with Crippen LogP contribution in [0, 0.1) is 0 Å². The summed E-state index contributed by atoms with van der Waals surface area (Å²) >= 11 is 0. The first-order valence-corrected chi connectivity index (χ1v) is 30.3. The molecule has 426 valence electrons. The Hall–Kier alpha value is -7.96. The SMILES string of the molecule is CC(C)(C)c1cc(-c2cc(C(C)(C)C)cc(-c3cc(C(C)(C)C)cc(C(C)(C)C)c3)c2-[n+]2cn(-c3cccc(Oc4ccc5c(c4)N(c4cc(C(C)(C)C)ccn4)c4ccccc4B5c4ccccc4)c3)c3ccccc32)cc(C(C)(C)C)c1. The van der Waals surface area contributed by atoms with Crippen LogP contribution in [0.25, 0.3) is 44.7 Å². The van der Waals surface area contributed by atoms with Gasteiger partial charge >= 0.3 is 0 Å². The number of aromatic nitrogens is 3. The van der Waals surface area contributed by atoms with E-state index in [4.69, 9.17) is 9.72 Å². The van der Waals surface area contributed by atoms with E-state index in [2.05, 4.69) is 327 Å². The fourth-order valence-corrected chi connectivity index (χ4v) is 11.9. The Morgan fingerprint density at radius 2 is 0.905 bits per heavy atom. The molecule has 11 rings (SSSR count). The summed E-state index contributed by atoms with van der Waals surface area (Å²) in [6.07, 6.45) is 4.27. The van der Waals surface area contributed by atoms with Crippen LogP contribution in [0.2, 0.25) is 0 Å². The predicted octanol–water partition coefficient (Wildman–Crippen LogP) is 18.5. The molecule has 0 spiro atoms. The molecule has 84 heavy (non-hydrogen) atoms. The first-order valence-electron chi connectivity index (χ1n) is 30.3. The zero-order chi connectivity index (χ0) is 60.1. The largest absolute Gasteiger partial charge is 0.457 e. The Morgan fingerprint density at radius 3 is 1.48 bits per heavy atom. The van der Waals surface area contributed by atoms with E-state index in [0.717, 1.165) is 51.1 Å². The lowest BCUT2D eigenvalue weighted by Crippen LogP contribution is -2.57. The maximum Gasteiger partial charge on any atom is 0.255 e. The Balaban J connectivity index is 1.11. The van der Waals surface area contributed by atoms with Crippen LogP contribution >= 0.6 is 0 Å². The Morgan fingerprint density at radius 1 is 0.405 bits per heavy atom. The van der Waals surface area contributed by atoms with Crippen molar-refractivity contribution < 1.29 is 9.30 Å². The van der Waals surface area contributed by atoms with Gasteiger partial charge < -0.3 is 4.74 Å². The van der Waals surface area contributed by atoms with E-state index in [1.807, 2.05) is 6.20 Å². The molecule has 2 aromatic heterocycles. The molecule has 3 heterocycles. The Labute approximate surface area is 502 Å². The van der Waals surface area contributed by atoms with Crippen LogP contribution in [0.1, 0.15) is 158 Å². The molecule has 5 nitrogen and oxygen atoms in total. The van der Waals surface area contributed by atoms with Crippen molar-refractivity contribution in [3.63, 3.8) is 0 Å². The van der Waals surface area contributed by atoms with E-state index in [0.29, 0.717) is 0 Å². The maximum absolute atomic E-state index is 7.09. The highest BCUT2D eigenvalue weighted by Gasteiger charge is 2.37. The molecule has 0 saturated carbocycles. The lowest BCUT2D eigenvalue weighted by Gasteiger charge is -2.37. The number of rotatable bonds is 8. The minimum absolute atomic E-state index is 0.0159. The summed E-state index contributed by atoms with van der Waals surface area (Å²) in [6.45, 7) is 41.9. The summed E-state index contributed by atoms with van der Waals surface area (Å²) in [5, 5.41) is 0. The molecule has 0 N–H and O–H groups in total. The molecule has 0 amide bonds. The highest BCUT2D eigenvalue weighted by molar-refractivity contribution is 6.98. The van der Waals surface area contributed by atoms with Gasteiger partial charge in [0.1, 0.15) is 28.7 Å². The third-order valence-electron chi connectivity index (χ3n) is 17.1. The molecular formula is C78H86BN4O+. The molecule has 0 unspecified atom stereocenters. The summed E-state index contributed by atoms with van der Waals surface area (Å²) in [5.41, 5.74) is 22.3. The molecule has 0 radical (unpaired) electrons. The van der Waals surface area contributed by atoms with Gasteiger partial charge in [0, 0.05) is 40.8 Å². The molecule has 0 aliphatic carbocycles. The molecule has 1 aliphatic rings. The minimum atomic E-state index is -0.150. The fraction of sp³-hybridized carbons (Fsp3) is 0.308. The third kappa shape index (κ3) is 11.3. The zero-order valence-electron chi connectivity index (χ0n) is 53.2. The summed E-state index contributed by atoms with van der Waals surface area (Å²) in [4.78, 5) is 7.40. The monoisotopic (exact) mass is 1110 g/mol. The fourth-order valence-electron chi connectivity index (χ4n) is 11.9. The second kappa shape index (κ2) is 21.0. The van der Waals surface area contributed by atoms with Gasteiger partial charge in [-0.1, -0.05) is 239 Å². The lowest BCUT2D eigenvalue weighted by molar-refractivity contribution is -0.566. The first kappa shape index (κ1) is 57.8. The third-order valence-corrected chi connectivity index (χ3v) is 17.1. The second-order valence-corrected chi connectivity index (χ2v) is 29.8. The van der Waals surface area contributed by atoms with E-state index in [9.17, 15) is 0 Å². The Kier molecular flexibility index (Phi) is 14.4. The summed E-state index contributed by atoms with van der Waals surface area (Å²) in [7, 11) is 0. The molecule has 0 fully saturated rings. The zero-order valence-corrected chi connectivity index (χ0v) is 53.2. The topological polar surface area (TPSA) is 34.2 Å². The number of ether oxygens (including phenoxy) is 1. The van der Waals surface area contributed by atoms with E-state index in [1.165, 1.54) is 72.0 Å². The van der Waals surface area contributed by atoms with Crippen LogP contribution in [-0.4, -0.2) is 16.3 Å². The quantitative estimate of drug-likeness (QED) is 0.112. The van der Waals surface area contributed by atoms with Gasteiger partial charge in [-0.2, -0.15) is 9.13 Å². The van der Waals surface area contributed by atoms with Crippen LogP contribution in [0.3, 0.4) is 0 Å². The molecule has 10 aromatic rings. The number of hydrogen-bond donors (Lipinski definition) is 0. The molecule has 0 bridgehead atoms. The summed E-state index contributed by atoms with van der Waals surface area (Å²) in [5.74, 6) is 2.36. The van der Waals surface area contributed by atoms with Gasteiger partial charge in [-0.05, 0) is 149 Å². The van der Waals surface area contributed by atoms with Gasteiger partial charge in [0.15, 0.2) is 11.0 Å². The van der Waals surface area contributed by atoms with Gasteiger partial charge in [-0.15, -0.1) is 0 Å². The number of benzene rings is 8. The first-order chi connectivity index (χ1) is 39.4. The smallest absolute Gasteiger partial charge is 0.255 e. The normalized spacial score (nSPS) is 13.3. The van der Waals surface area contributed by atoms with Gasteiger partial charge in [0.2, 0.25) is 6.71 Å². The van der Waals surface area contributed by atoms with E-state index in [-0.39, 0.29) is 39.2 Å². The summed E-state index contributed by atoms with van der Waals surface area (Å²) in [6, 6.07) is 67.8. The predicted molar refractivity (Wildman–Crippen MR) is 358 cm³/mol. The molecule has 8 aromatic carbocycles. The number of para-hydroxylation sites is 3. The van der Waals surface area contributed by atoms with Crippen LogP contribution < -0.4 is 30.6 Å². The van der Waals surface area contributed by atoms with Crippen molar-refractivity contribution in [2.45, 2.75) is 157 Å². The molecule has 0 saturated heterocycles. The number of anilines is 3. The van der Waals surface area contributed by atoms with Crippen molar-refractivity contribution in [1.82, 2.24) is 9.55 Å². The number of hydrogen-bond acceptors (Lipinski definition) is 3. The van der Waals surface area contributed by atoms with Gasteiger partial charge in [-0.3, -0.25) is 4.90 Å². The highest BCUT2D eigenvalue weighted by atomic mass is 16.5. The van der Waals surface area contributed by atoms with E-state index in [1.54, 1.807) is 0 Å². The van der Waals surface area contributed by atoms with Crippen molar-refractivity contribution in [3.05, 3.63) is 228 Å². The highest BCUT2D eigenvalue weighted by Crippen LogP contribution is 2.45. The van der Waals surface area contributed by atoms with Crippen molar-refractivity contribution in [2.24, 2.45) is 0 Å². The second-order valence-electron chi connectivity index (χ2n) is 29.8. The van der Waals surface area contributed by atoms with Crippen LogP contribution in [0.4, 0.5) is 17.2 Å². The molecule has 6 heteroatoms. The molecule has 1 aliphatic heterocycles. The maximum atomic E-state index is 7.09. The van der Waals surface area contributed by atoms with Gasteiger partial charge in [-0.25, -0.2) is 4.98 Å². The standard InChI is InChI=1S/C78H86BN4O/c1-73(2,3)53-37-38-80-71(47-53)83-67-32-23-22-31-65(67)79(59-27-20-19-21-28-59)66-36-35-62(49-70(66)83)84-61-30-26-29-60(48-61)81-50-82(69-34-25-24-33-68(69)81)72-63(51-39-54(74(4,5)6)43-55(40-51)75(7,8)9)45-58(78(16,17)18)46-64(72)52-41-56(76(10,11)12)44-57(42-52)77(13,14)15/h19-50H,1-18H3/q+1. The number of pyridine rings is 1.